The maximum Gasteiger partial charge on any atom is 0.0797 e. The predicted octanol–water partition coefficient (Wildman–Crippen LogP) is 1.86. The molecule has 0 saturated carbocycles. The van der Waals surface area contributed by atoms with Crippen LogP contribution >= 0.6 is 0 Å². The molecule has 2 heterocycles. The number of hydrogen-bond acceptors (Lipinski definition) is 3. The SMILES string of the molecule is CN(Cc1n[nH]c2c1CCCCC2)C1CCCNC1. The first kappa shape index (κ1) is 13.1. The summed E-state index contributed by atoms with van der Waals surface area (Å²) in [4.78, 5) is 2.48. The van der Waals surface area contributed by atoms with Gasteiger partial charge in [-0.1, -0.05) is 6.42 Å². The molecule has 3 rings (SSSR count). The zero-order valence-corrected chi connectivity index (χ0v) is 12.0. The fourth-order valence-corrected chi connectivity index (χ4v) is 3.43. The van der Waals surface area contributed by atoms with E-state index in [1.165, 1.54) is 68.4 Å². The minimum absolute atomic E-state index is 0.673. The summed E-state index contributed by atoms with van der Waals surface area (Å²) < 4.78 is 0. The van der Waals surface area contributed by atoms with Crippen molar-refractivity contribution in [2.75, 3.05) is 20.1 Å². The second kappa shape index (κ2) is 6.06. The molecule has 1 atom stereocenters. The molecule has 1 saturated heterocycles. The molecule has 1 aromatic rings. The van der Waals surface area contributed by atoms with Crippen LogP contribution in [0.15, 0.2) is 0 Å². The van der Waals surface area contributed by atoms with Crippen molar-refractivity contribution in [1.29, 1.82) is 0 Å². The number of aromatic nitrogens is 2. The normalized spacial score (nSPS) is 24.2. The van der Waals surface area contributed by atoms with Crippen LogP contribution in [0.4, 0.5) is 0 Å². The molecular weight excluding hydrogens is 236 g/mol. The van der Waals surface area contributed by atoms with Gasteiger partial charge in [-0.2, -0.15) is 5.10 Å². The Morgan fingerprint density at radius 2 is 2.11 bits per heavy atom. The summed E-state index contributed by atoms with van der Waals surface area (Å²) in [6, 6.07) is 0.673. The summed E-state index contributed by atoms with van der Waals surface area (Å²) >= 11 is 0. The molecule has 0 radical (unpaired) electrons. The van der Waals surface area contributed by atoms with Crippen LogP contribution in [0.3, 0.4) is 0 Å². The second-order valence-corrected chi connectivity index (χ2v) is 6.10. The predicted molar refractivity (Wildman–Crippen MR) is 77.2 cm³/mol. The lowest BCUT2D eigenvalue weighted by molar-refractivity contribution is 0.193. The Morgan fingerprint density at radius 1 is 1.21 bits per heavy atom. The average molecular weight is 262 g/mol. The number of aryl methyl sites for hydroxylation is 1. The van der Waals surface area contributed by atoms with Crippen LogP contribution in [0.5, 0.6) is 0 Å². The molecule has 4 nitrogen and oxygen atoms in total. The maximum atomic E-state index is 4.59. The highest BCUT2D eigenvalue weighted by molar-refractivity contribution is 5.26. The van der Waals surface area contributed by atoms with Crippen LogP contribution in [0.2, 0.25) is 0 Å². The van der Waals surface area contributed by atoms with E-state index in [1.54, 1.807) is 0 Å². The summed E-state index contributed by atoms with van der Waals surface area (Å²) in [7, 11) is 2.25. The van der Waals surface area contributed by atoms with Gasteiger partial charge >= 0.3 is 0 Å². The van der Waals surface area contributed by atoms with Gasteiger partial charge in [0.25, 0.3) is 0 Å². The third-order valence-corrected chi connectivity index (χ3v) is 4.69. The highest BCUT2D eigenvalue weighted by Crippen LogP contribution is 2.23. The summed E-state index contributed by atoms with van der Waals surface area (Å²) in [6.07, 6.45) is 9.04. The first-order chi connectivity index (χ1) is 9.34. The maximum absolute atomic E-state index is 4.59. The monoisotopic (exact) mass is 262 g/mol. The van der Waals surface area contributed by atoms with Gasteiger partial charge in [0.2, 0.25) is 0 Å². The van der Waals surface area contributed by atoms with Crippen molar-refractivity contribution in [2.24, 2.45) is 0 Å². The summed E-state index contributed by atoms with van der Waals surface area (Å²) in [5, 5.41) is 11.4. The van der Waals surface area contributed by atoms with E-state index < -0.39 is 0 Å². The highest BCUT2D eigenvalue weighted by atomic mass is 15.2. The smallest absolute Gasteiger partial charge is 0.0797 e. The molecule has 0 amide bonds. The highest BCUT2D eigenvalue weighted by Gasteiger charge is 2.21. The Kier molecular flexibility index (Phi) is 4.18. The van der Waals surface area contributed by atoms with Gasteiger partial charge in [-0.15, -0.1) is 0 Å². The molecule has 0 spiro atoms. The molecule has 1 aliphatic carbocycles. The molecule has 19 heavy (non-hydrogen) atoms. The summed E-state index contributed by atoms with van der Waals surface area (Å²) in [5.41, 5.74) is 4.22. The lowest BCUT2D eigenvalue weighted by atomic mass is 10.0. The minimum atomic E-state index is 0.673. The first-order valence-corrected chi connectivity index (χ1v) is 7.80. The molecule has 1 unspecified atom stereocenters. The second-order valence-electron chi connectivity index (χ2n) is 6.10. The Bertz CT molecular complexity index is 406. The van der Waals surface area contributed by atoms with E-state index in [0.717, 1.165) is 13.1 Å². The van der Waals surface area contributed by atoms with E-state index in [4.69, 9.17) is 0 Å². The largest absolute Gasteiger partial charge is 0.315 e. The lowest BCUT2D eigenvalue weighted by Gasteiger charge is -2.31. The number of hydrogen-bond donors (Lipinski definition) is 2. The zero-order valence-electron chi connectivity index (χ0n) is 12.0. The molecule has 0 bridgehead atoms. The average Bonchev–Trinajstić information content (AvgIpc) is 2.68. The van der Waals surface area contributed by atoms with E-state index in [0.29, 0.717) is 6.04 Å². The van der Waals surface area contributed by atoms with Crippen molar-refractivity contribution in [3.05, 3.63) is 17.0 Å². The van der Waals surface area contributed by atoms with Gasteiger partial charge in [-0.3, -0.25) is 10.00 Å². The first-order valence-electron chi connectivity index (χ1n) is 7.80. The molecule has 106 valence electrons. The van der Waals surface area contributed by atoms with Crippen molar-refractivity contribution in [3.8, 4) is 0 Å². The van der Waals surface area contributed by atoms with Crippen LogP contribution in [0.25, 0.3) is 0 Å². The van der Waals surface area contributed by atoms with Gasteiger partial charge in [0.1, 0.15) is 0 Å². The Labute approximate surface area is 116 Å². The number of fused-ring (bicyclic) bond motifs is 1. The van der Waals surface area contributed by atoms with Crippen LogP contribution in [0, 0.1) is 0 Å². The quantitative estimate of drug-likeness (QED) is 0.817. The van der Waals surface area contributed by atoms with E-state index in [-0.39, 0.29) is 0 Å². The van der Waals surface area contributed by atoms with Crippen molar-refractivity contribution in [2.45, 2.75) is 57.5 Å². The summed E-state index contributed by atoms with van der Waals surface area (Å²) in [6.45, 7) is 3.31. The zero-order chi connectivity index (χ0) is 13.1. The van der Waals surface area contributed by atoms with Crippen molar-refractivity contribution < 1.29 is 0 Å². The van der Waals surface area contributed by atoms with Gasteiger partial charge in [-0.05, 0) is 57.7 Å². The number of piperidine rings is 1. The topological polar surface area (TPSA) is 44.0 Å². The third-order valence-electron chi connectivity index (χ3n) is 4.69. The van der Waals surface area contributed by atoms with Gasteiger partial charge in [-0.25, -0.2) is 0 Å². The summed E-state index contributed by atoms with van der Waals surface area (Å²) in [5.74, 6) is 0. The lowest BCUT2D eigenvalue weighted by Crippen LogP contribution is -2.43. The van der Waals surface area contributed by atoms with Crippen LogP contribution in [0.1, 0.15) is 49.1 Å². The molecule has 2 aliphatic rings. The third kappa shape index (κ3) is 3.00. The van der Waals surface area contributed by atoms with Crippen molar-refractivity contribution >= 4 is 0 Å². The number of likely N-dealkylation sites (N-methyl/N-ethyl adjacent to an activating group) is 1. The van der Waals surface area contributed by atoms with Crippen LogP contribution in [-0.4, -0.2) is 41.3 Å². The van der Waals surface area contributed by atoms with E-state index in [1.807, 2.05) is 0 Å². The molecule has 4 heteroatoms. The number of aromatic amines is 1. The minimum Gasteiger partial charge on any atom is -0.315 e. The van der Waals surface area contributed by atoms with Gasteiger partial charge in [0.15, 0.2) is 0 Å². The molecule has 0 aromatic carbocycles. The number of nitrogens with one attached hydrogen (secondary N) is 2. The van der Waals surface area contributed by atoms with Crippen LogP contribution < -0.4 is 5.32 Å². The number of H-pyrrole nitrogens is 1. The molecule has 2 N–H and O–H groups in total. The standard InChI is InChI=1S/C15H26N4/c1-19(12-6-5-9-16-10-12)11-15-13-7-3-2-4-8-14(13)17-18-15/h12,16H,2-11H2,1H3,(H,17,18). The van der Waals surface area contributed by atoms with E-state index >= 15 is 0 Å². The van der Waals surface area contributed by atoms with Gasteiger partial charge in [0.05, 0.1) is 5.69 Å². The van der Waals surface area contributed by atoms with Crippen molar-refractivity contribution in [1.82, 2.24) is 20.4 Å². The van der Waals surface area contributed by atoms with E-state index in [9.17, 15) is 0 Å². The fraction of sp³-hybridized carbons (Fsp3) is 0.800. The Balaban J connectivity index is 1.67. The Hall–Kier alpha value is -0.870. The van der Waals surface area contributed by atoms with E-state index in [2.05, 4.69) is 27.5 Å². The molecule has 1 aliphatic heterocycles. The molecule has 1 fully saturated rings. The number of nitrogens with zero attached hydrogens (tertiary/aromatic N) is 2. The molecule has 1 aromatic heterocycles. The van der Waals surface area contributed by atoms with Crippen molar-refractivity contribution in [3.63, 3.8) is 0 Å². The Morgan fingerprint density at radius 3 is 2.95 bits per heavy atom. The van der Waals surface area contributed by atoms with Gasteiger partial charge < -0.3 is 5.32 Å². The fourth-order valence-electron chi connectivity index (χ4n) is 3.43. The van der Waals surface area contributed by atoms with Gasteiger partial charge in [0, 0.05) is 24.8 Å². The number of rotatable bonds is 3. The molecular formula is C15H26N4. The van der Waals surface area contributed by atoms with Crippen LogP contribution in [-0.2, 0) is 19.4 Å².